The Hall–Kier alpha value is -3.28. The van der Waals surface area contributed by atoms with Crippen LogP contribution in [0.2, 0.25) is 0 Å². The number of hydrogen-bond donors (Lipinski definition) is 1. The van der Waals surface area contributed by atoms with Crippen molar-refractivity contribution in [2.45, 2.75) is 39.3 Å². The van der Waals surface area contributed by atoms with Gasteiger partial charge in [-0.05, 0) is 50.1 Å². The van der Waals surface area contributed by atoms with Gasteiger partial charge < -0.3 is 19.4 Å². The van der Waals surface area contributed by atoms with Gasteiger partial charge in [0.15, 0.2) is 11.3 Å². The smallest absolute Gasteiger partial charge is 0.251 e. The van der Waals surface area contributed by atoms with Gasteiger partial charge in [-0.1, -0.05) is 24.3 Å². The lowest BCUT2D eigenvalue weighted by Gasteiger charge is -2.16. The van der Waals surface area contributed by atoms with Crippen molar-refractivity contribution < 1.29 is 18.7 Å². The molecule has 156 valence electrons. The predicted molar refractivity (Wildman–Crippen MR) is 114 cm³/mol. The number of furan rings is 1. The minimum atomic E-state index is -0.303. The van der Waals surface area contributed by atoms with Gasteiger partial charge in [-0.3, -0.25) is 9.59 Å². The highest BCUT2D eigenvalue weighted by atomic mass is 16.5. The Morgan fingerprint density at radius 3 is 2.83 bits per heavy atom. The molecule has 6 heteroatoms. The van der Waals surface area contributed by atoms with E-state index in [-0.39, 0.29) is 17.9 Å². The molecule has 6 nitrogen and oxygen atoms in total. The fourth-order valence-electron chi connectivity index (χ4n) is 3.79. The van der Waals surface area contributed by atoms with Gasteiger partial charge >= 0.3 is 0 Å². The summed E-state index contributed by atoms with van der Waals surface area (Å²) in [6, 6.07) is 14.8. The average molecular weight is 406 g/mol. The lowest BCUT2D eigenvalue weighted by molar-refractivity contribution is -0.128. The van der Waals surface area contributed by atoms with E-state index in [0.29, 0.717) is 42.2 Å². The summed E-state index contributed by atoms with van der Waals surface area (Å²) in [7, 11) is 0. The molecule has 1 saturated heterocycles. The molecule has 1 unspecified atom stereocenters. The van der Waals surface area contributed by atoms with E-state index in [4.69, 9.17) is 9.15 Å². The first kappa shape index (κ1) is 20.0. The molecule has 2 heterocycles. The number of rotatable bonds is 7. The van der Waals surface area contributed by atoms with Crippen LogP contribution in [0.15, 0.2) is 52.9 Å². The van der Waals surface area contributed by atoms with Crippen LogP contribution in [0.4, 0.5) is 0 Å². The molecular weight excluding hydrogens is 380 g/mol. The van der Waals surface area contributed by atoms with Gasteiger partial charge in [0, 0.05) is 30.5 Å². The summed E-state index contributed by atoms with van der Waals surface area (Å²) >= 11 is 0. The zero-order valence-corrected chi connectivity index (χ0v) is 17.3. The molecule has 1 N–H and O–H groups in total. The van der Waals surface area contributed by atoms with Gasteiger partial charge in [0.25, 0.3) is 5.91 Å². The van der Waals surface area contributed by atoms with E-state index in [2.05, 4.69) is 5.32 Å². The van der Waals surface area contributed by atoms with Crippen molar-refractivity contribution in [1.82, 2.24) is 10.2 Å². The van der Waals surface area contributed by atoms with Gasteiger partial charge in [-0.2, -0.15) is 0 Å². The van der Waals surface area contributed by atoms with Crippen LogP contribution in [0.3, 0.4) is 0 Å². The molecule has 3 aromatic rings. The van der Waals surface area contributed by atoms with Crippen LogP contribution in [0.1, 0.15) is 54.4 Å². The van der Waals surface area contributed by atoms with Crippen LogP contribution in [0.25, 0.3) is 11.0 Å². The van der Waals surface area contributed by atoms with Crippen LogP contribution in [-0.2, 0) is 11.3 Å². The van der Waals surface area contributed by atoms with Gasteiger partial charge in [0.05, 0.1) is 12.6 Å². The Balaban J connectivity index is 1.47. The maximum atomic E-state index is 12.8. The first-order valence-corrected chi connectivity index (χ1v) is 10.4. The molecule has 1 aliphatic rings. The topological polar surface area (TPSA) is 71.8 Å². The monoisotopic (exact) mass is 406 g/mol. The van der Waals surface area contributed by atoms with E-state index in [1.807, 2.05) is 61.2 Å². The summed E-state index contributed by atoms with van der Waals surface area (Å²) in [5.41, 5.74) is 2.21. The number of benzene rings is 2. The molecule has 1 atom stereocenters. The predicted octanol–water partition coefficient (Wildman–Crippen LogP) is 4.44. The molecule has 0 aliphatic carbocycles. The first-order chi connectivity index (χ1) is 14.5. The molecule has 1 aromatic heterocycles. The molecule has 4 rings (SSSR count). The van der Waals surface area contributed by atoms with Crippen LogP contribution in [0.5, 0.6) is 5.75 Å². The summed E-state index contributed by atoms with van der Waals surface area (Å²) in [5, 5.41) is 3.94. The van der Waals surface area contributed by atoms with Gasteiger partial charge in [0.2, 0.25) is 5.91 Å². The van der Waals surface area contributed by atoms with E-state index >= 15 is 0 Å². The Kier molecular flexibility index (Phi) is 5.74. The van der Waals surface area contributed by atoms with Gasteiger partial charge in [-0.15, -0.1) is 0 Å². The molecule has 1 aliphatic heterocycles. The number of carbonyl (C=O) groups is 2. The summed E-state index contributed by atoms with van der Waals surface area (Å²) in [5.74, 6) is 1.37. The van der Waals surface area contributed by atoms with Crippen LogP contribution < -0.4 is 10.1 Å². The number of amides is 2. The van der Waals surface area contributed by atoms with E-state index in [1.165, 1.54) is 0 Å². The second kappa shape index (κ2) is 8.61. The summed E-state index contributed by atoms with van der Waals surface area (Å²) in [6.07, 6.45) is 1.51. The van der Waals surface area contributed by atoms with Crippen molar-refractivity contribution >= 4 is 22.8 Å². The number of carbonyl (C=O) groups excluding carboxylic acids is 2. The minimum absolute atomic E-state index is 0.176. The van der Waals surface area contributed by atoms with E-state index in [1.54, 1.807) is 6.07 Å². The number of likely N-dealkylation sites (tertiary alicyclic amines) is 1. The van der Waals surface area contributed by atoms with Gasteiger partial charge in [-0.25, -0.2) is 0 Å². The fourth-order valence-corrected chi connectivity index (χ4v) is 3.79. The molecule has 0 spiro atoms. The van der Waals surface area contributed by atoms with Crippen molar-refractivity contribution in [3.8, 4) is 5.75 Å². The quantitative estimate of drug-likeness (QED) is 0.629. The SMILES string of the molecule is CCOc1cccc2cc(C(C)NC(=O)c3cccc(CN4CCCC4=O)c3)oc12. The number of ether oxygens (including phenoxy) is 1. The zero-order chi connectivity index (χ0) is 21.1. The maximum Gasteiger partial charge on any atom is 0.251 e. The molecule has 1 fully saturated rings. The van der Waals surface area contributed by atoms with E-state index in [9.17, 15) is 9.59 Å². The Morgan fingerprint density at radius 2 is 2.07 bits per heavy atom. The molecular formula is C24H26N2O4. The Labute approximate surface area is 175 Å². The van der Waals surface area contributed by atoms with Crippen LogP contribution in [-0.4, -0.2) is 29.9 Å². The molecule has 2 amide bonds. The van der Waals surface area contributed by atoms with Crippen molar-refractivity contribution in [1.29, 1.82) is 0 Å². The highest BCUT2D eigenvalue weighted by Gasteiger charge is 2.21. The third-order valence-electron chi connectivity index (χ3n) is 5.34. The molecule has 2 aromatic carbocycles. The zero-order valence-electron chi connectivity index (χ0n) is 17.3. The second-order valence-electron chi connectivity index (χ2n) is 7.57. The highest BCUT2D eigenvalue weighted by Crippen LogP contribution is 2.31. The summed E-state index contributed by atoms with van der Waals surface area (Å²) in [6.45, 7) is 5.70. The summed E-state index contributed by atoms with van der Waals surface area (Å²) in [4.78, 5) is 26.5. The van der Waals surface area contributed by atoms with Crippen molar-refractivity contribution in [2.24, 2.45) is 0 Å². The van der Waals surface area contributed by atoms with Crippen LogP contribution in [0, 0.1) is 0 Å². The van der Waals surface area contributed by atoms with Crippen molar-refractivity contribution in [3.05, 3.63) is 65.4 Å². The van der Waals surface area contributed by atoms with E-state index in [0.717, 1.165) is 23.9 Å². The summed E-state index contributed by atoms with van der Waals surface area (Å²) < 4.78 is 11.6. The van der Waals surface area contributed by atoms with Crippen LogP contribution >= 0.6 is 0 Å². The molecule has 0 saturated carbocycles. The molecule has 0 radical (unpaired) electrons. The second-order valence-corrected chi connectivity index (χ2v) is 7.57. The lowest BCUT2D eigenvalue weighted by atomic mass is 10.1. The standard InChI is InChI=1S/C24H26N2O4/c1-3-29-20-10-5-8-18-14-21(30-23(18)20)16(2)25-24(28)19-9-4-7-17(13-19)15-26-12-6-11-22(26)27/h4-5,7-10,13-14,16H,3,6,11-12,15H2,1-2H3,(H,25,28). The fraction of sp³-hybridized carbons (Fsp3) is 0.333. The normalized spacial score (nSPS) is 14.9. The minimum Gasteiger partial charge on any atom is -0.490 e. The van der Waals surface area contributed by atoms with E-state index < -0.39 is 0 Å². The highest BCUT2D eigenvalue weighted by molar-refractivity contribution is 5.94. The largest absolute Gasteiger partial charge is 0.490 e. The van der Waals surface area contributed by atoms with Gasteiger partial charge in [0.1, 0.15) is 5.76 Å². The van der Waals surface area contributed by atoms with Crippen molar-refractivity contribution in [3.63, 3.8) is 0 Å². The third-order valence-corrected chi connectivity index (χ3v) is 5.34. The lowest BCUT2D eigenvalue weighted by Crippen LogP contribution is -2.27. The Morgan fingerprint density at radius 1 is 1.23 bits per heavy atom. The number of hydrogen-bond acceptors (Lipinski definition) is 4. The third kappa shape index (κ3) is 4.17. The van der Waals surface area contributed by atoms with Crippen molar-refractivity contribution in [2.75, 3.05) is 13.2 Å². The first-order valence-electron chi connectivity index (χ1n) is 10.4. The Bertz CT molecular complexity index is 1070. The number of para-hydroxylation sites is 1. The molecule has 30 heavy (non-hydrogen) atoms. The number of nitrogens with zero attached hydrogens (tertiary/aromatic N) is 1. The molecule has 0 bridgehead atoms. The average Bonchev–Trinajstić information content (AvgIpc) is 3.35. The number of fused-ring (bicyclic) bond motifs is 1. The maximum absolute atomic E-state index is 12.8. The number of nitrogens with one attached hydrogen (secondary N) is 1.